The number of likely N-dealkylation sites (N-methyl/N-ethyl adjacent to an activating group) is 1. The number of halogens is 1. The third-order valence-electron chi connectivity index (χ3n) is 6.36. The number of phenolic OH excluding ortho intramolecular Hbond substituents is 1. The first-order valence-electron chi connectivity index (χ1n) is 11.7. The first-order valence-corrected chi connectivity index (χ1v) is 12.0. The molecule has 182 valence electrons. The van der Waals surface area contributed by atoms with Crippen LogP contribution in [-0.4, -0.2) is 47.7 Å². The molecule has 3 aromatic rings. The molecule has 0 radical (unpaired) electrons. The van der Waals surface area contributed by atoms with E-state index in [1.54, 1.807) is 12.3 Å². The van der Waals surface area contributed by atoms with Gasteiger partial charge in [-0.05, 0) is 48.6 Å². The zero-order chi connectivity index (χ0) is 24.8. The summed E-state index contributed by atoms with van der Waals surface area (Å²) < 4.78 is 5.93. The number of hydrogen-bond acceptors (Lipinski definition) is 5. The quantitative estimate of drug-likeness (QED) is 0.352. The van der Waals surface area contributed by atoms with Gasteiger partial charge in [0.25, 0.3) is 11.8 Å². The summed E-state index contributed by atoms with van der Waals surface area (Å²) >= 11 is 5.87. The zero-order valence-corrected chi connectivity index (χ0v) is 20.3. The van der Waals surface area contributed by atoms with Gasteiger partial charge >= 0.3 is 0 Å². The van der Waals surface area contributed by atoms with E-state index in [-0.39, 0.29) is 28.8 Å². The number of phenols is 1. The van der Waals surface area contributed by atoms with Gasteiger partial charge in [-0.25, -0.2) is 5.43 Å². The lowest BCUT2D eigenvalue weighted by Crippen LogP contribution is -2.40. The van der Waals surface area contributed by atoms with Crippen molar-refractivity contribution in [2.75, 3.05) is 13.7 Å². The largest absolute Gasteiger partial charge is 0.506 e. The first kappa shape index (κ1) is 24.5. The van der Waals surface area contributed by atoms with E-state index in [9.17, 15) is 14.7 Å². The van der Waals surface area contributed by atoms with Crippen LogP contribution in [0.3, 0.4) is 0 Å². The van der Waals surface area contributed by atoms with Gasteiger partial charge in [-0.2, -0.15) is 5.10 Å². The minimum absolute atomic E-state index is 0.0182. The third kappa shape index (κ3) is 5.92. The van der Waals surface area contributed by atoms with Crippen molar-refractivity contribution in [3.05, 3.63) is 70.7 Å². The van der Waals surface area contributed by atoms with Gasteiger partial charge < -0.3 is 14.7 Å². The molecule has 0 bridgehead atoms. The van der Waals surface area contributed by atoms with Crippen molar-refractivity contribution in [1.29, 1.82) is 0 Å². The summed E-state index contributed by atoms with van der Waals surface area (Å²) in [6, 6.07) is 15.8. The molecule has 1 aliphatic carbocycles. The SMILES string of the molecule is CN(C(=O)COc1ccc(/C=N/NC(=O)c2ccc(O)c(Cl)c2)c2ccccc12)C1CCCCC1. The Bertz CT molecular complexity index is 1250. The Morgan fingerprint density at radius 3 is 2.60 bits per heavy atom. The van der Waals surface area contributed by atoms with Crippen LogP contribution < -0.4 is 10.2 Å². The minimum atomic E-state index is -0.451. The highest BCUT2D eigenvalue weighted by Crippen LogP contribution is 2.28. The fourth-order valence-electron chi connectivity index (χ4n) is 4.32. The molecule has 1 saturated carbocycles. The van der Waals surface area contributed by atoms with Gasteiger partial charge in [-0.3, -0.25) is 9.59 Å². The average molecular weight is 494 g/mol. The van der Waals surface area contributed by atoms with Crippen LogP contribution in [0, 0.1) is 0 Å². The number of fused-ring (bicyclic) bond motifs is 1. The number of aromatic hydroxyl groups is 1. The fraction of sp³-hybridized carbons (Fsp3) is 0.296. The van der Waals surface area contributed by atoms with Crippen LogP contribution >= 0.6 is 11.6 Å². The maximum atomic E-state index is 12.7. The van der Waals surface area contributed by atoms with E-state index in [4.69, 9.17) is 16.3 Å². The van der Waals surface area contributed by atoms with E-state index < -0.39 is 5.91 Å². The number of ether oxygens (including phenoxy) is 1. The summed E-state index contributed by atoms with van der Waals surface area (Å²) in [5, 5.41) is 15.4. The van der Waals surface area contributed by atoms with E-state index in [2.05, 4.69) is 10.5 Å². The van der Waals surface area contributed by atoms with E-state index in [1.165, 1.54) is 37.5 Å². The minimum Gasteiger partial charge on any atom is -0.506 e. The van der Waals surface area contributed by atoms with Crippen molar-refractivity contribution in [2.45, 2.75) is 38.1 Å². The molecule has 0 saturated heterocycles. The predicted molar refractivity (Wildman–Crippen MR) is 137 cm³/mol. The molecule has 0 aliphatic heterocycles. The molecule has 35 heavy (non-hydrogen) atoms. The molecule has 0 aromatic heterocycles. The third-order valence-corrected chi connectivity index (χ3v) is 6.67. The Hall–Kier alpha value is -3.58. The van der Waals surface area contributed by atoms with Crippen molar-refractivity contribution in [2.24, 2.45) is 5.10 Å². The van der Waals surface area contributed by atoms with E-state index in [0.717, 1.165) is 29.2 Å². The monoisotopic (exact) mass is 493 g/mol. The molecule has 3 aromatic carbocycles. The summed E-state index contributed by atoms with van der Waals surface area (Å²) in [6.45, 7) is -0.0182. The average Bonchev–Trinajstić information content (AvgIpc) is 2.89. The van der Waals surface area contributed by atoms with Crippen LogP contribution in [0.15, 0.2) is 59.7 Å². The zero-order valence-electron chi connectivity index (χ0n) is 19.5. The van der Waals surface area contributed by atoms with Crippen LogP contribution in [0.2, 0.25) is 5.02 Å². The number of amides is 2. The predicted octanol–water partition coefficient (Wildman–Crippen LogP) is 5.13. The number of carbonyl (C=O) groups excluding carboxylic acids is 2. The van der Waals surface area contributed by atoms with Gasteiger partial charge in [0.2, 0.25) is 0 Å². The van der Waals surface area contributed by atoms with E-state index >= 15 is 0 Å². The highest BCUT2D eigenvalue weighted by molar-refractivity contribution is 6.32. The smallest absolute Gasteiger partial charge is 0.271 e. The lowest BCUT2D eigenvalue weighted by atomic mass is 9.94. The molecule has 4 rings (SSSR count). The molecule has 0 heterocycles. The number of benzene rings is 3. The summed E-state index contributed by atoms with van der Waals surface area (Å²) in [6.07, 6.45) is 7.23. The molecule has 1 fully saturated rings. The van der Waals surface area contributed by atoms with E-state index in [1.807, 2.05) is 42.3 Å². The summed E-state index contributed by atoms with van der Waals surface area (Å²) in [7, 11) is 1.86. The number of hydrogen-bond donors (Lipinski definition) is 2. The Morgan fingerprint density at radius 2 is 1.86 bits per heavy atom. The van der Waals surface area contributed by atoms with Gasteiger partial charge in [0, 0.05) is 29.6 Å². The Balaban J connectivity index is 1.44. The lowest BCUT2D eigenvalue weighted by Gasteiger charge is -2.31. The van der Waals surface area contributed by atoms with E-state index in [0.29, 0.717) is 11.8 Å². The Morgan fingerprint density at radius 1 is 1.11 bits per heavy atom. The number of nitrogens with zero attached hydrogens (tertiary/aromatic N) is 2. The molecule has 8 heteroatoms. The van der Waals surface area contributed by atoms with Gasteiger partial charge in [0.05, 0.1) is 11.2 Å². The van der Waals surface area contributed by atoms with Crippen LogP contribution in [0.1, 0.15) is 48.0 Å². The molecule has 0 atom stereocenters. The maximum Gasteiger partial charge on any atom is 0.271 e. The molecular formula is C27H28ClN3O4. The van der Waals surface area contributed by atoms with Crippen molar-refractivity contribution in [1.82, 2.24) is 10.3 Å². The van der Waals surface area contributed by atoms with Crippen molar-refractivity contribution in [3.8, 4) is 11.5 Å². The molecule has 7 nitrogen and oxygen atoms in total. The maximum absolute atomic E-state index is 12.7. The number of rotatable bonds is 7. The van der Waals surface area contributed by atoms with Crippen molar-refractivity contribution >= 4 is 40.4 Å². The lowest BCUT2D eigenvalue weighted by molar-refractivity contribution is -0.134. The summed E-state index contributed by atoms with van der Waals surface area (Å²) in [4.78, 5) is 26.8. The molecule has 0 unspecified atom stereocenters. The van der Waals surface area contributed by atoms with Gasteiger partial charge in [0.1, 0.15) is 11.5 Å². The second-order valence-corrected chi connectivity index (χ2v) is 9.06. The van der Waals surface area contributed by atoms with Crippen LogP contribution in [0.25, 0.3) is 10.8 Å². The molecule has 1 aliphatic rings. The fourth-order valence-corrected chi connectivity index (χ4v) is 4.50. The second kappa shape index (κ2) is 11.2. The molecule has 2 N–H and O–H groups in total. The normalized spacial score (nSPS) is 14.2. The Labute approximate surface area is 209 Å². The van der Waals surface area contributed by atoms with Crippen LogP contribution in [0.5, 0.6) is 11.5 Å². The Kier molecular flexibility index (Phi) is 7.87. The van der Waals surface area contributed by atoms with Crippen LogP contribution in [-0.2, 0) is 4.79 Å². The van der Waals surface area contributed by atoms with Gasteiger partial charge in [-0.1, -0.05) is 55.1 Å². The van der Waals surface area contributed by atoms with Gasteiger partial charge in [-0.15, -0.1) is 0 Å². The molecule has 2 amide bonds. The number of hydrazone groups is 1. The number of nitrogens with one attached hydrogen (secondary N) is 1. The summed E-state index contributed by atoms with van der Waals surface area (Å²) in [5.41, 5.74) is 3.53. The number of carbonyl (C=O) groups is 2. The first-order chi connectivity index (χ1) is 16.9. The molecule has 0 spiro atoms. The van der Waals surface area contributed by atoms with Crippen LogP contribution in [0.4, 0.5) is 0 Å². The highest BCUT2D eigenvalue weighted by atomic mass is 35.5. The molecular weight excluding hydrogens is 466 g/mol. The van der Waals surface area contributed by atoms with Crippen molar-refractivity contribution in [3.63, 3.8) is 0 Å². The summed E-state index contributed by atoms with van der Waals surface area (Å²) in [5.74, 6) is 0.0467. The highest BCUT2D eigenvalue weighted by Gasteiger charge is 2.22. The van der Waals surface area contributed by atoms with Crippen molar-refractivity contribution < 1.29 is 19.4 Å². The van der Waals surface area contributed by atoms with Gasteiger partial charge in [0.15, 0.2) is 6.61 Å². The standard InChI is InChI=1S/C27H28ClN3O4/c1-31(20-7-3-2-4-8-20)26(33)17-35-25-14-12-19(21-9-5-6-10-22(21)25)16-29-30-27(34)18-11-13-24(32)23(28)15-18/h5-6,9-16,20,32H,2-4,7-8,17H2,1H3,(H,30,34)/b29-16+. The second-order valence-electron chi connectivity index (χ2n) is 8.65. The topological polar surface area (TPSA) is 91.2 Å².